The topological polar surface area (TPSA) is 69.0 Å². The Morgan fingerprint density at radius 1 is 1.26 bits per heavy atom. The Morgan fingerprint density at radius 3 is 2.78 bits per heavy atom. The molecule has 1 aliphatic heterocycles. The van der Waals surface area contributed by atoms with Gasteiger partial charge < -0.3 is 10.2 Å². The number of carbonyl (C=O) groups excluding carboxylic acids is 1. The van der Waals surface area contributed by atoms with E-state index in [1.807, 2.05) is 35.2 Å². The van der Waals surface area contributed by atoms with Gasteiger partial charge in [-0.3, -0.25) is 4.79 Å². The molecule has 1 N–H and O–H groups in total. The summed E-state index contributed by atoms with van der Waals surface area (Å²) in [5, 5.41) is 12.6. The minimum atomic E-state index is -0.0970. The predicted molar refractivity (Wildman–Crippen MR) is 87.6 cm³/mol. The van der Waals surface area contributed by atoms with E-state index in [1.165, 1.54) is 0 Å². The SMILES string of the molecule is N#Cc1cccnc1NC(CN1CCCC1=O)c1ccccc1. The fourth-order valence-electron chi connectivity index (χ4n) is 2.81. The Balaban J connectivity index is 1.86. The minimum Gasteiger partial charge on any atom is -0.360 e. The lowest BCUT2D eigenvalue weighted by Gasteiger charge is -2.26. The third kappa shape index (κ3) is 3.49. The zero-order chi connectivity index (χ0) is 16.1. The van der Waals surface area contributed by atoms with Crippen LogP contribution in [0, 0.1) is 11.3 Å². The monoisotopic (exact) mass is 306 g/mol. The lowest BCUT2D eigenvalue weighted by atomic mass is 10.1. The Morgan fingerprint density at radius 2 is 2.09 bits per heavy atom. The number of nitriles is 1. The van der Waals surface area contributed by atoms with E-state index < -0.39 is 0 Å². The van der Waals surface area contributed by atoms with E-state index in [2.05, 4.69) is 16.4 Å². The molecule has 0 radical (unpaired) electrons. The summed E-state index contributed by atoms with van der Waals surface area (Å²) in [5.41, 5.74) is 1.57. The van der Waals surface area contributed by atoms with Crippen molar-refractivity contribution in [3.05, 3.63) is 59.8 Å². The van der Waals surface area contributed by atoms with Gasteiger partial charge in [-0.25, -0.2) is 4.98 Å². The molecule has 5 heteroatoms. The fourth-order valence-corrected chi connectivity index (χ4v) is 2.81. The molecule has 0 bridgehead atoms. The molecular weight excluding hydrogens is 288 g/mol. The summed E-state index contributed by atoms with van der Waals surface area (Å²) < 4.78 is 0. The molecule has 1 aromatic heterocycles. The Hall–Kier alpha value is -2.87. The smallest absolute Gasteiger partial charge is 0.222 e. The molecule has 1 atom stereocenters. The third-order valence-corrected chi connectivity index (χ3v) is 4.02. The summed E-state index contributed by atoms with van der Waals surface area (Å²) in [6, 6.07) is 15.5. The van der Waals surface area contributed by atoms with Gasteiger partial charge in [-0.1, -0.05) is 30.3 Å². The minimum absolute atomic E-state index is 0.0970. The van der Waals surface area contributed by atoms with Crippen LogP contribution in [0.15, 0.2) is 48.7 Å². The number of carbonyl (C=O) groups is 1. The average molecular weight is 306 g/mol. The van der Waals surface area contributed by atoms with Gasteiger partial charge in [0.25, 0.3) is 0 Å². The lowest BCUT2D eigenvalue weighted by molar-refractivity contribution is -0.127. The largest absolute Gasteiger partial charge is 0.360 e. The molecule has 3 rings (SSSR count). The second kappa shape index (κ2) is 6.93. The number of nitrogens with one attached hydrogen (secondary N) is 1. The first-order chi connectivity index (χ1) is 11.3. The standard InChI is InChI=1S/C18H18N4O/c19-12-15-8-4-10-20-18(15)21-16(14-6-2-1-3-7-14)13-22-11-5-9-17(22)23/h1-4,6-8,10,16H,5,9,11,13H2,(H,20,21). The number of rotatable bonds is 5. The van der Waals surface area contributed by atoms with Gasteiger partial charge in [-0.05, 0) is 24.1 Å². The average Bonchev–Trinajstić information content (AvgIpc) is 3.00. The van der Waals surface area contributed by atoms with Gasteiger partial charge in [0.1, 0.15) is 11.9 Å². The molecule has 2 heterocycles. The molecule has 1 unspecified atom stereocenters. The molecular formula is C18H18N4O. The molecule has 1 amide bonds. The van der Waals surface area contributed by atoms with Gasteiger partial charge in [-0.15, -0.1) is 0 Å². The normalized spacial score (nSPS) is 15.3. The summed E-state index contributed by atoms with van der Waals surface area (Å²) in [7, 11) is 0. The highest BCUT2D eigenvalue weighted by Gasteiger charge is 2.24. The van der Waals surface area contributed by atoms with Crippen molar-refractivity contribution in [2.45, 2.75) is 18.9 Å². The molecule has 1 fully saturated rings. The number of likely N-dealkylation sites (tertiary alicyclic amines) is 1. The van der Waals surface area contributed by atoms with E-state index in [1.54, 1.807) is 18.3 Å². The summed E-state index contributed by atoms with van der Waals surface area (Å²) in [5.74, 6) is 0.741. The van der Waals surface area contributed by atoms with Gasteiger partial charge in [0.05, 0.1) is 11.6 Å². The van der Waals surface area contributed by atoms with Crippen molar-refractivity contribution in [3.63, 3.8) is 0 Å². The molecule has 116 valence electrons. The van der Waals surface area contributed by atoms with Crippen molar-refractivity contribution in [1.29, 1.82) is 5.26 Å². The summed E-state index contributed by atoms with van der Waals surface area (Å²) in [6.45, 7) is 1.36. The molecule has 0 aliphatic carbocycles. The first-order valence-electron chi connectivity index (χ1n) is 7.72. The Kier molecular flexibility index (Phi) is 4.53. The van der Waals surface area contributed by atoms with E-state index in [0.717, 1.165) is 18.5 Å². The van der Waals surface area contributed by atoms with Crippen molar-refractivity contribution < 1.29 is 4.79 Å². The van der Waals surface area contributed by atoms with Crippen LogP contribution in [-0.2, 0) is 4.79 Å². The quantitative estimate of drug-likeness (QED) is 0.922. The number of amides is 1. The van der Waals surface area contributed by atoms with Crippen molar-refractivity contribution in [3.8, 4) is 6.07 Å². The number of aromatic nitrogens is 1. The molecule has 1 aromatic carbocycles. The van der Waals surface area contributed by atoms with Gasteiger partial charge >= 0.3 is 0 Å². The first-order valence-corrected chi connectivity index (χ1v) is 7.72. The van der Waals surface area contributed by atoms with Crippen LogP contribution in [0.3, 0.4) is 0 Å². The molecule has 1 aliphatic rings. The lowest BCUT2D eigenvalue weighted by Crippen LogP contribution is -2.32. The van der Waals surface area contributed by atoms with Crippen LogP contribution in [0.2, 0.25) is 0 Å². The molecule has 1 saturated heterocycles. The van der Waals surface area contributed by atoms with Crippen LogP contribution >= 0.6 is 0 Å². The van der Waals surface area contributed by atoms with Crippen LogP contribution in [0.25, 0.3) is 0 Å². The maximum Gasteiger partial charge on any atom is 0.222 e. The fraction of sp³-hybridized carbons (Fsp3) is 0.278. The van der Waals surface area contributed by atoms with Gasteiger partial charge in [0, 0.05) is 25.7 Å². The zero-order valence-electron chi connectivity index (χ0n) is 12.8. The van der Waals surface area contributed by atoms with Crippen molar-refractivity contribution in [2.75, 3.05) is 18.4 Å². The summed E-state index contributed by atoms with van der Waals surface area (Å²) in [4.78, 5) is 18.1. The van der Waals surface area contributed by atoms with Gasteiger partial charge in [0.15, 0.2) is 0 Å². The highest BCUT2D eigenvalue weighted by molar-refractivity contribution is 5.78. The molecule has 2 aromatic rings. The van der Waals surface area contributed by atoms with Gasteiger partial charge in [-0.2, -0.15) is 5.26 Å². The van der Waals surface area contributed by atoms with E-state index in [-0.39, 0.29) is 11.9 Å². The Labute approximate surface area is 135 Å². The van der Waals surface area contributed by atoms with Crippen molar-refractivity contribution in [2.24, 2.45) is 0 Å². The first kappa shape index (κ1) is 15.0. The van der Waals surface area contributed by atoms with Crippen LogP contribution in [-0.4, -0.2) is 28.9 Å². The third-order valence-electron chi connectivity index (χ3n) is 4.02. The summed E-state index contributed by atoms with van der Waals surface area (Å²) in [6.07, 6.45) is 3.19. The highest BCUT2D eigenvalue weighted by atomic mass is 16.2. The Bertz CT molecular complexity index is 723. The van der Waals surface area contributed by atoms with E-state index >= 15 is 0 Å². The van der Waals surface area contributed by atoms with E-state index in [9.17, 15) is 10.1 Å². The number of benzene rings is 1. The van der Waals surface area contributed by atoms with E-state index in [0.29, 0.717) is 24.3 Å². The number of nitrogens with zero attached hydrogens (tertiary/aromatic N) is 3. The number of anilines is 1. The van der Waals surface area contributed by atoms with Crippen LogP contribution < -0.4 is 5.32 Å². The second-order valence-corrected chi connectivity index (χ2v) is 5.56. The van der Waals surface area contributed by atoms with Crippen LogP contribution in [0.4, 0.5) is 5.82 Å². The highest BCUT2D eigenvalue weighted by Crippen LogP contribution is 2.23. The molecule has 0 spiro atoms. The summed E-state index contributed by atoms with van der Waals surface area (Å²) >= 11 is 0. The maximum absolute atomic E-state index is 11.9. The van der Waals surface area contributed by atoms with Crippen molar-refractivity contribution >= 4 is 11.7 Å². The molecule has 23 heavy (non-hydrogen) atoms. The van der Waals surface area contributed by atoms with E-state index in [4.69, 9.17) is 0 Å². The number of pyridine rings is 1. The van der Waals surface area contributed by atoms with Gasteiger partial charge in [0.2, 0.25) is 5.91 Å². The maximum atomic E-state index is 11.9. The second-order valence-electron chi connectivity index (χ2n) is 5.56. The molecule has 0 saturated carbocycles. The number of hydrogen-bond acceptors (Lipinski definition) is 4. The molecule has 5 nitrogen and oxygen atoms in total. The van der Waals surface area contributed by atoms with Crippen molar-refractivity contribution in [1.82, 2.24) is 9.88 Å². The predicted octanol–water partition coefficient (Wildman–Crippen LogP) is 2.73. The van der Waals surface area contributed by atoms with Crippen LogP contribution in [0.1, 0.15) is 30.0 Å². The van der Waals surface area contributed by atoms with Crippen LogP contribution in [0.5, 0.6) is 0 Å². The number of hydrogen-bond donors (Lipinski definition) is 1. The zero-order valence-corrected chi connectivity index (χ0v) is 12.8.